The highest BCUT2D eigenvalue weighted by atomic mass is 16.5. The molecule has 3 heteroatoms. The van der Waals surface area contributed by atoms with Crippen LogP contribution in [-0.4, -0.2) is 19.1 Å². The number of rotatable bonds is 5. The molecule has 1 N–H and O–H groups in total. The minimum absolute atomic E-state index is 0.00935. The van der Waals surface area contributed by atoms with E-state index in [9.17, 15) is 4.79 Å². The molecular formula is C20H23NO2. The molecule has 3 nitrogen and oxygen atoms in total. The van der Waals surface area contributed by atoms with Gasteiger partial charge in [-0.15, -0.1) is 0 Å². The Kier molecular flexibility index (Phi) is 4.65. The number of carbonyl (C=O) groups is 1. The van der Waals surface area contributed by atoms with E-state index < -0.39 is 0 Å². The SMILES string of the molecule is COc1cccc(CC(C)NC(=O)c2ccc3c(c2)CCC3)c1. The maximum Gasteiger partial charge on any atom is 0.251 e. The molecule has 2 aromatic rings. The van der Waals surface area contributed by atoms with Crippen molar-refractivity contribution in [2.75, 3.05) is 7.11 Å². The van der Waals surface area contributed by atoms with Crippen LogP contribution in [0.5, 0.6) is 5.75 Å². The van der Waals surface area contributed by atoms with Crippen LogP contribution in [-0.2, 0) is 19.3 Å². The number of amides is 1. The van der Waals surface area contributed by atoms with Crippen LogP contribution in [0.2, 0.25) is 0 Å². The van der Waals surface area contributed by atoms with Crippen LogP contribution >= 0.6 is 0 Å². The summed E-state index contributed by atoms with van der Waals surface area (Å²) in [6.07, 6.45) is 4.22. The minimum atomic E-state index is 0.00935. The number of benzene rings is 2. The van der Waals surface area contributed by atoms with E-state index in [-0.39, 0.29) is 11.9 Å². The zero-order valence-electron chi connectivity index (χ0n) is 13.8. The number of aryl methyl sites for hydroxylation is 2. The highest BCUT2D eigenvalue weighted by molar-refractivity contribution is 5.94. The van der Waals surface area contributed by atoms with E-state index in [1.807, 2.05) is 31.2 Å². The largest absolute Gasteiger partial charge is 0.497 e. The first-order valence-corrected chi connectivity index (χ1v) is 8.21. The van der Waals surface area contributed by atoms with E-state index in [0.29, 0.717) is 0 Å². The molecule has 2 aromatic carbocycles. The van der Waals surface area contributed by atoms with Gasteiger partial charge in [0.15, 0.2) is 0 Å². The molecule has 0 fully saturated rings. The molecule has 1 aliphatic rings. The van der Waals surface area contributed by atoms with Crippen molar-refractivity contribution >= 4 is 5.91 Å². The Bertz CT molecular complexity index is 709. The Labute approximate surface area is 137 Å². The van der Waals surface area contributed by atoms with Crippen molar-refractivity contribution in [3.63, 3.8) is 0 Å². The van der Waals surface area contributed by atoms with Gasteiger partial charge in [-0.3, -0.25) is 4.79 Å². The average Bonchev–Trinajstić information content (AvgIpc) is 3.02. The summed E-state index contributed by atoms with van der Waals surface area (Å²) in [5, 5.41) is 3.09. The molecule has 0 radical (unpaired) electrons. The zero-order chi connectivity index (χ0) is 16.2. The third-order valence-electron chi connectivity index (χ3n) is 4.41. The number of carbonyl (C=O) groups excluding carboxylic acids is 1. The van der Waals surface area contributed by atoms with Crippen molar-refractivity contribution < 1.29 is 9.53 Å². The van der Waals surface area contributed by atoms with Crippen molar-refractivity contribution in [3.8, 4) is 5.75 Å². The maximum absolute atomic E-state index is 12.4. The van der Waals surface area contributed by atoms with Gasteiger partial charge in [-0.1, -0.05) is 18.2 Å². The van der Waals surface area contributed by atoms with E-state index in [1.165, 1.54) is 17.5 Å². The maximum atomic E-state index is 12.4. The summed E-state index contributed by atoms with van der Waals surface area (Å²) in [7, 11) is 1.66. The van der Waals surface area contributed by atoms with Gasteiger partial charge in [0.1, 0.15) is 5.75 Å². The molecule has 120 valence electrons. The molecule has 1 amide bonds. The van der Waals surface area contributed by atoms with Gasteiger partial charge in [-0.25, -0.2) is 0 Å². The van der Waals surface area contributed by atoms with Crippen LogP contribution in [0.3, 0.4) is 0 Å². The van der Waals surface area contributed by atoms with E-state index in [0.717, 1.165) is 36.1 Å². The highest BCUT2D eigenvalue weighted by Gasteiger charge is 2.15. The predicted octanol–water partition coefficient (Wildman–Crippen LogP) is 3.54. The number of ether oxygens (including phenoxy) is 1. The van der Waals surface area contributed by atoms with Crippen LogP contribution in [0.1, 0.15) is 40.4 Å². The lowest BCUT2D eigenvalue weighted by molar-refractivity contribution is 0.0940. The number of hydrogen-bond donors (Lipinski definition) is 1. The molecule has 1 atom stereocenters. The fourth-order valence-electron chi connectivity index (χ4n) is 3.22. The lowest BCUT2D eigenvalue weighted by Crippen LogP contribution is -2.34. The summed E-state index contributed by atoms with van der Waals surface area (Å²) < 4.78 is 5.24. The average molecular weight is 309 g/mol. The lowest BCUT2D eigenvalue weighted by atomic mass is 10.0. The Morgan fingerprint density at radius 3 is 2.83 bits per heavy atom. The van der Waals surface area contributed by atoms with Gasteiger partial charge in [0.05, 0.1) is 7.11 Å². The van der Waals surface area contributed by atoms with Crippen molar-refractivity contribution in [2.24, 2.45) is 0 Å². The molecule has 1 aliphatic carbocycles. The van der Waals surface area contributed by atoms with Crippen LogP contribution in [0.25, 0.3) is 0 Å². The second-order valence-electron chi connectivity index (χ2n) is 6.27. The smallest absolute Gasteiger partial charge is 0.251 e. The molecule has 0 spiro atoms. The summed E-state index contributed by atoms with van der Waals surface area (Å²) in [5.74, 6) is 0.856. The first-order valence-electron chi connectivity index (χ1n) is 8.21. The Morgan fingerprint density at radius 1 is 1.17 bits per heavy atom. The van der Waals surface area contributed by atoms with Gasteiger partial charge >= 0.3 is 0 Å². The standard InChI is InChI=1S/C20H23NO2/c1-14(11-15-5-3-8-19(12-15)23-2)21-20(22)18-10-9-16-6-4-7-17(16)13-18/h3,5,8-10,12-14H,4,6-7,11H2,1-2H3,(H,21,22). The Balaban J connectivity index is 1.62. The van der Waals surface area contributed by atoms with E-state index in [4.69, 9.17) is 4.74 Å². The molecule has 0 saturated carbocycles. The molecule has 23 heavy (non-hydrogen) atoms. The van der Waals surface area contributed by atoms with E-state index in [2.05, 4.69) is 23.5 Å². The summed E-state index contributed by atoms with van der Waals surface area (Å²) in [4.78, 5) is 12.4. The predicted molar refractivity (Wildman–Crippen MR) is 92.1 cm³/mol. The Morgan fingerprint density at radius 2 is 2.00 bits per heavy atom. The van der Waals surface area contributed by atoms with E-state index in [1.54, 1.807) is 7.11 Å². The second kappa shape index (κ2) is 6.86. The van der Waals surface area contributed by atoms with Gasteiger partial charge < -0.3 is 10.1 Å². The summed E-state index contributed by atoms with van der Waals surface area (Å²) in [6, 6.07) is 14.1. The fourth-order valence-corrected chi connectivity index (χ4v) is 3.22. The van der Waals surface area contributed by atoms with Gasteiger partial charge in [-0.2, -0.15) is 0 Å². The van der Waals surface area contributed by atoms with Crippen LogP contribution < -0.4 is 10.1 Å². The Hall–Kier alpha value is -2.29. The number of nitrogens with one attached hydrogen (secondary N) is 1. The third kappa shape index (κ3) is 3.73. The van der Waals surface area contributed by atoms with Crippen molar-refractivity contribution in [1.82, 2.24) is 5.32 Å². The number of fused-ring (bicyclic) bond motifs is 1. The molecule has 0 saturated heterocycles. The summed E-state index contributed by atoms with van der Waals surface area (Å²) >= 11 is 0. The summed E-state index contributed by atoms with van der Waals surface area (Å²) in [5.41, 5.74) is 4.65. The van der Waals surface area contributed by atoms with Crippen molar-refractivity contribution in [2.45, 2.75) is 38.6 Å². The van der Waals surface area contributed by atoms with Gasteiger partial charge in [0.25, 0.3) is 5.91 Å². The molecule has 0 aliphatic heterocycles. The normalized spacial score (nSPS) is 14.2. The van der Waals surface area contributed by atoms with Gasteiger partial charge in [0, 0.05) is 11.6 Å². The van der Waals surface area contributed by atoms with Crippen LogP contribution in [0, 0.1) is 0 Å². The van der Waals surface area contributed by atoms with Crippen LogP contribution in [0.15, 0.2) is 42.5 Å². The lowest BCUT2D eigenvalue weighted by Gasteiger charge is -2.15. The van der Waals surface area contributed by atoms with Gasteiger partial charge in [0.2, 0.25) is 0 Å². The number of methoxy groups -OCH3 is 1. The number of hydrogen-bond acceptors (Lipinski definition) is 2. The molecule has 0 heterocycles. The van der Waals surface area contributed by atoms with Gasteiger partial charge in [-0.05, 0) is 73.6 Å². The van der Waals surface area contributed by atoms with Crippen molar-refractivity contribution in [1.29, 1.82) is 0 Å². The third-order valence-corrected chi connectivity index (χ3v) is 4.41. The van der Waals surface area contributed by atoms with E-state index >= 15 is 0 Å². The molecule has 0 bridgehead atoms. The molecule has 3 rings (SSSR count). The topological polar surface area (TPSA) is 38.3 Å². The first kappa shape index (κ1) is 15.6. The molecule has 0 aromatic heterocycles. The molecule has 1 unspecified atom stereocenters. The molecular weight excluding hydrogens is 286 g/mol. The quantitative estimate of drug-likeness (QED) is 0.917. The van der Waals surface area contributed by atoms with Crippen LogP contribution in [0.4, 0.5) is 0 Å². The first-order chi connectivity index (χ1) is 11.2. The monoisotopic (exact) mass is 309 g/mol. The van der Waals surface area contributed by atoms with Crippen molar-refractivity contribution in [3.05, 3.63) is 64.7 Å². The fraction of sp³-hybridized carbons (Fsp3) is 0.350. The zero-order valence-corrected chi connectivity index (χ0v) is 13.8. The second-order valence-corrected chi connectivity index (χ2v) is 6.27. The summed E-state index contributed by atoms with van der Waals surface area (Å²) in [6.45, 7) is 2.03. The minimum Gasteiger partial charge on any atom is -0.497 e. The highest BCUT2D eigenvalue weighted by Crippen LogP contribution is 2.23.